The zero-order chi connectivity index (χ0) is 15.5. The molecule has 3 aromatic rings. The highest BCUT2D eigenvalue weighted by Crippen LogP contribution is 2.31. The van der Waals surface area contributed by atoms with Gasteiger partial charge in [-0.15, -0.1) is 22.7 Å². The number of aryl methyl sites for hydroxylation is 1. The number of thiazole rings is 2. The molecule has 0 aliphatic heterocycles. The van der Waals surface area contributed by atoms with E-state index in [1.54, 1.807) is 18.0 Å². The monoisotopic (exact) mass is 331 g/mol. The Hall–Kier alpha value is -2.25. The Balaban J connectivity index is 1.82. The molecule has 1 amide bonds. The number of nitrogens with one attached hydrogen (secondary N) is 1. The Morgan fingerprint density at radius 3 is 2.68 bits per heavy atom. The van der Waals surface area contributed by atoms with E-state index in [2.05, 4.69) is 15.3 Å². The average Bonchev–Trinajstić information content (AvgIpc) is 3.17. The van der Waals surface area contributed by atoms with Crippen molar-refractivity contribution in [3.05, 3.63) is 45.7 Å². The number of anilines is 1. The van der Waals surface area contributed by atoms with Gasteiger partial charge in [0.25, 0.3) is 5.91 Å². The smallest absolute Gasteiger partial charge is 0.276 e. The van der Waals surface area contributed by atoms with E-state index in [1.165, 1.54) is 22.7 Å². The molecule has 0 aliphatic carbocycles. The van der Waals surface area contributed by atoms with Crippen molar-refractivity contribution in [2.24, 2.45) is 0 Å². The predicted octanol–water partition coefficient (Wildman–Crippen LogP) is 3.84. The zero-order valence-corrected chi connectivity index (χ0v) is 13.6. The molecule has 0 bridgehead atoms. The van der Waals surface area contributed by atoms with Gasteiger partial charge < -0.3 is 4.74 Å². The summed E-state index contributed by atoms with van der Waals surface area (Å²) in [7, 11) is 1.63. The number of aromatic nitrogens is 2. The molecule has 0 saturated carbocycles. The van der Waals surface area contributed by atoms with Crippen LogP contribution in [0.4, 0.5) is 5.13 Å². The Morgan fingerprint density at radius 1 is 1.27 bits per heavy atom. The van der Waals surface area contributed by atoms with E-state index in [4.69, 9.17) is 4.74 Å². The Morgan fingerprint density at radius 2 is 2.05 bits per heavy atom. The van der Waals surface area contributed by atoms with Gasteiger partial charge in [0.15, 0.2) is 5.13 Å². The molecule has 2 heterocycles. The summed E-state index contributed by atoms with van der Waals surface area (Å²) in [5, 5.41) is 5.06. The summed E-state index contributed by atoms with van der Waals surface area (Å²) in [6, 6.07) is 7.68. The molecule has 0 aliphatic rings. The minimum Gasteiger partial charge on any atom is -0.497 e. The molecule has 1 N–H and O–H groups in total. The summed E-state index contributed by atoms with van der Waals surface area (Å²) >= 11 is 2.83. The van der Waals surface area contributed by atoms with Crippen molar-refractivity contribution in [2.45, 2.75) is 6.92 Å². The minimum absolute atomic E-state index is 0.240. The highest BCUT2D eigenvalue weighted by Gasteiger charge is 2.14. The number of nitrogens with zero attached hydrogens (tertiary/aromatic N) is 2. The highest BCUT2D eigenvalue weighted by atomic mass is 32.1. The van der Waals surface area contributed by atoms with Crippen LogP contribution in [-0.2, 0) is 0 Å². The molecule has 1 aromatic carbocycles. The second-order valence-corrected chi connectivity index (χ2v) is 6.40. The fourth-order valence-corrected chi connectivity index (χ4v) is 3.32. The van der Waals surface area contributed by atoms with E-state index in [0.717, 1.165) is 21.9 Å². The third kappa shape index (κ3) is 3.00. The lowest BCUT2D eigenvalue weighted by molar-refractivity contribution is 0.102. The first-order valence-corrected chi connectivity index (χ1v) is 8.24. The van der Waals surface area contributed by atoms with Crippen LogP contribution in [0.1, 0.15) is 15.4 Å². The molecule has 0 spiro atoms. The fourth-order valence-electron chi connectivity index (χ4n) is 1.95. The molecule has 0 saturated heterocycles. The normalized spacial score (nSPS) is 10.5. The van der Waals surface area contributed by atoms with Gasteiger partial charge in [0, 0.05) is 15.8 Å². The highest BCUT2D eigenvalue weighted by molar-refractivity contribution is 7.16. The van der Waals surface area contributed by atoms with E-state index >= 15 is 0 Å². The Bertz CT molecular complexity index is 780. The van der Waals surface area contributed by atoms with Crippen molar-refractivity contribution >= 4 is 33.7 Å². The molecular formula is C15H13N3O2S2. The molecule has 22 heavy (non-hydrogen) atoms. The number of rotatable bonds is 4. The maximum absolute atomic E-state index is 12.0. The third-order valence-corrected chi connectivity index (χ3v) is 4.52. The first-order chi connectivity index (χ1) is 10.7. The maximum Gasteiger partial charge on any atom is 0.276 e. The lowest BCUT2D eigenvalue weighted by atomic mass is 10.1. The summed E-state index contributed by atoms with van der Waals surface area (Å²) < 4.78 is 5.15. The van der Waals surface area contributed by atoms with E-state index in [9.17, 15) is 4.79 Å². The second-order valence-electron chi connectivity index (χ2n) is 4.48. The molecule has 0 fully saturated rings. The first kappa shape index (κ1) is 14.7. The van der Waals surface area contributed by atoms with E-state index in [-0.39, 0.29) is 5.91 Å². The number of amides is 1. The second kappa shape index (κ2) is 6.25. The molecule has 112 valence electrons. The topological polar surface area (TPSA) is 64.1 Å². The van der Waals surface area contributed by atoms with Crippen LogP contribution in [0.3, 0.4) is 0 Å². The van der Waals surface area contributed by atoms with Crippen molar-refractivity contribution in [1.82, 2.24) is 9.97 Å². The van der Waals surface area contributed by atoms with Crippen LogP contribution in [0, 0.1) is 6.92 Å². The Labute approximate surface area is 135 Å². The summed E-state index contributed by atoms with van der Waals surface area (Å²) in [4.78, 5) is 21.5. The molecule has 0 unspecified atom stereocenters. The fraction of sp³-hybridized carbons (Fsp3) is 0.133. The molecular weight excluding hydrogens is 318 g/mol. The minimum atomic E-state index is -0.240. The van der Waals surface area contributed by atoms with Crippen LogP contribution in [0.25, 0.3) is 11.3 Å². The van der Waals surface area contributed by atoms with Gasteiger partial charge >= 0.3 is 0 Å². The van der Waals surface area contributed by atoms with Crippen LogP contribution < -0.4 is 10.1 Å². The number of methoxy groups -OCH3 is 1. The molecule has 2 aromatic heterocycles. The van der Waals surface area contributed by atoms with Crippen LogP contribution in [0.2, 0.25) is 0 Å². The van der Waals surface area contributed by atoms with Crippen molar-refractivity contribution in [3.8, 4) is 17.0 Å². The number of carbonyl (C=O) groups excluding carboxylic acids is 1. The average molecular weight is 331 g/mol. The number of ether oxygens (including phenoxy) is 1. The van der Waals surface area contributed by atoms with Crippen LogP contribution in [0.15, 0.2) is 35.2 Å². The molecule has 0 atom stereocenters. The van der Waals surface area contributed by atoms with Crippen LogP contribution >= 0.6 is 22.7 Å². The van der Waals surface area contributed by atoms with Gasteiger partial charge in [0.05, 0.1) is 18.3 Å². The molecule has 3 rings (SSSR count). The van der Waals surface area contributed by atoms with Gasteiger partial charge in [-0.1, -0.05) is 0 Å². The van der Waals surface area contributed by atoms with Gasteiger partial charge in [-0.2, -0.15) is 0 Å². The van der Waals surface area contributed by atoms with Gasteiger partial charge in [0.1, 0.15) is 11.4 Å². The number of carbonyl (C=O) groups is 1. The summed E-state index contributed by atoms with van der Waals surface area (Å²) in [5.74, 6) is 0.560. The molecule has 5 nitrogen and oxygen atoms in total. The van der Waals surface area contributed by atoms with Crippen LogP contribution in [-0.4, -0.2) is 23.0 Å². The standard InChI is InChI=1S/C15H13N3O2S2/c1-9-13(10-3-5-11(20-2)6-4-10)17-15(22-9)18-14(19)12-7-21-8-16-12/h3-8H,1-2H3,(H,17,18,19). The first-order valence-electron chi connectivity index (χ1n) is 6.49. The summed E-state index contributed by atoms with van der Waals surface area (Å²) in [6.45, 7) is 1.98. The molecule has 0 radical (unpaired) electrons. The van der Waals surface area contributed by atoms with E-state index in [0.29, 0.717) is 10.8 Å². The van der Waals surface area contributed by atoms with Gasteiger partial charge in [-0.05, 0) is 31.2 Å². The van der Waals surface area contributed by atoms with Crippen molar-refractivity contribution < 1.29 is 9.53 Å². The van der Waals surface area contributed by atoms with Crippen molar-refractivity contribution in [3.63, 3.8) is 0 Å². The summed E-state index contributed by atoms with van der Waals surface area (Å²) in [6.07, 6.45) is 0. The lowest BCUT2D eigenvalue weighted by Crippen LogP contribution is -2.11. The van der Waals surface area contributed by atoms with Gasteiger partial charge in [-0.3, -0.25) is 10.1 Å². The Kier molecular flexibility index (Phi) is 4.17. The molecule has 7 heteroatoms. The van der Waals surface area contributed by atoms with Gasteiger partial charge in [-0.25, -0.2) is 9.97 Å². The number of hydrogen-bond donors (Lipinski definition) is 1. The van der Waals surface area contributed by atoms with E-state index in [1.807, 2.05) is 31.2 Å². The third-order valence-electron chi connectivity index (χ3n) is 3.05. The SMILES string of the molecule is COc1ccc(-c2nc(NC(=O)c3cscn3)sc2C)cc1. The van der Waals surface area contributed by atoms with E-state index < -0.39 is 0 Å². The van der Waals surface area contributed by atoms with Crippen LogP contribution in [0.5, 0.6) is 5.75 Å². The van der Waals surface area contributed by atoms with Crippen molar-refractivity contribution in [2.75, 3.05) is 12.4 Å². The number of benzene rings is 1. The maximum atomic E-state index is 12.0. The lowest BCUT2D eigenvalue weighted by Gasteiger charge is -2.01. The quantitative estimate of drug-likeness (QED) is 0.789. The van der Waals surface area contributed by atoms with Gasteiger partial charge in [0.2, 0.25) is 0 Å². The van der Waals surface area contributed by atoms with Crippen molar-refractivity contribution in [1.29, 1.82) is 0 Å². The largest absolute Gasteiger partial charge is 0.497 e. The zero-order valence-electron chi connectivity index (χ0n) is 12.0. The summed E-state index contributed by atoms with van der Waals surface area (Å²) in [5.41, 5.74) is 3.89. The number of hydrogen-bond acceptors (Lipinski definition) is 6. The predicted molar refractivity (Wildman–Crippen MR) is 88.9 cm³/mol.